The number of allylic oxidation sites excluding steroid dienone is 5. The molecule has 0 aliphatic carbocycles. The van der Waals surface area contributed by atoms with Crippen LogP contribution in [0.15, 0.2) is 48.9 Å². The molecule has 0 heterocycles. The molecule has 0 aromatic rings. The van der Waals surface area contributed by atoms with Gasteiger partial charge in [-0.05, 0) is 32.8 Å². The van der Waals surface area contributed by atoms with Gasteiger partial charge in [-0.15, -0.1) is 6.58 Å². The number of nitrogens with one attached hydrogen (secondary N) is 1. The Balaban J connectivity index is 3.83. The lowest BCUT2D eigenvalue weighted by Crippen LogP contribution is -2.07. The van der Waals surface area contributed by atoms with Crippen LogP contribution in [0.4, 0.5) is 0 Å². The maximum Gasteiger partial charge on any atom is 0.0305 e. The van der Waals surface area contributed by atoms with Gasteiger partial charge in [-0.25, -0.2) is 0 Å². The zero-order valence-electron chi connectivity index (χ0n) is 8.64. The van der Waals surface area contributed by atoms with Crippen molar-refractivity contribution in [2.45, 2.75) is 26.7 Å². The summed E-state index contributed by atoms with van der Waals surface area (Å²) >= 11 is 0. The van der Waals surface area contributed by atoms with Crippen LogP contribution in [0.5, 0.6) is 0 Å². The minimum Gasteiger partial charge on any atom is -0.360 e. The summed E-state index contributed by atoms with van der Waals surface area (Å²) in [5.74, 6) is 0. The van der Waals surface area contributed by atoms with Crippen LogP contribution in [0, 0.1) is 0 Å². The molecule has 1 N–H and O–H groups in total. The molecule has 0 saturated heterocycles. The topological polar surface area (TPSA) is 12.0 Å². The van der Waals surface area contributed by atoms with Gasteiger partial charge in [0.05, 0.1) is 0 Å². The van der Waals surface area contributed by atoms with Crippen molar-refractivity contribution in [2.75, 3.05) is 0 Å². The molecule has 0 atom stereocenters. The molecule has 1 nitrogen and oxygen atoms in total. The lowest BCUT2D eigenvalue weighted by atomic mass is 10.2. The predicted octanol–water partition coefficient (Wildman–Crippen LogP) is 3.54. The Morgan fingerprint density at radius 1 is 1.38 bits per heavy atom. The monoisotopic (exact) mass is 177 g/mol. The van der Waals surface area contributed by atoms with E-state index in [9.17, 15) is 0 Å². The summed E-state index contributed by atoms with van der Waals surface area (Å²) in [4.78, 5) is 0. The van der Waals surface area contributed by atoms with Crippen molar-refractivity contribution in [3.8, 4) is 0 Å². The van der Waals surface area contributed by atoms with Crippen molar-refractivity contribution >= 4 is 0 Å². The summed E-state index contributed by atoms with van der Waals surface area (Å²) in [5, 5.41) is 3.19. The molecule has 72 valence electrons. The molecule has 13 heavy (non-hydrogen) atoms. The summed E-state index contributed by atoms with van der Waals surface area (Å²) in [6.45, 7) is 11.5. The zero-order valence-corrected chi connectivity index (χ0v) is 8.64. The Bertz CT molecular complexity index is 221. The molecule has 0 amide bonds. The summed E-state index contributed by atoms with van der Waals surface area (Å²) in [7, 11) is 0. The highest BCUT2D eigenvalue weighted by Gasteiger charge is 1.88. The molecule has 1 heteroatoms. The quantitative estimate of drug-likeness (QED) is 0.372. The molecule has 0 rings (SSSR count). The first kappa shape index (κ1) is 11.8. The minimum atomic E-state index is 0.926. The van der Waals surface area contributed by atoms with Gasteiger partial charge in [0.25, 0.3) is 0 Å². The highest BCUT2D eigenvalue weighted by atomic mass is 14.9. The third-order valence-electron chi connectivity index (χ3n) is 1.55. The Kier molecular flexibility index (Phi) is 6.70. The molecule has 0 fully saturated rings. The maximum absolute atomic E-state index is 3.85. The third kappa shape index (κ3) is 7.13. The van der Waals surface area contributed by atoms with E-state index in [0.29, 0.717) is 0 Å². The molecule has 0 radical (unpaired) electrons. The highest BCUT2D eigenvalue weighted by Crippen LogP contribution is 1.99. The normalized spacial score (nSPS) is 11.7. The summed E-state index contributed by atoms with van der Waals surface area (Å²) in [6, 6.07) is 0. The van der Waals surface area contributed by atoms with E-state index in [-0.39, 0.29) is 0 Å². The van der Waals surface area contributed by atoms with Crippen molar-refractivity contribution in [3.05, 3.63) is 48.9 Å². The van der Waals surface area contributed by atoms with Gasteiger partial charge in [0.1, 0.15) is 0 Å². The van der Waals surface area contributed by atoms with Crippen LogP contribution in [0.1, 0.15) is 26.7 Å². The van der Waals surface area contributed by atoms with Crippen molar-refractivity contribution in [2.24, 2.45) is 0 Å². The fourth-order valence-electron chi connectivity index (χ4n) is 0.965. The van der Waals surface area contributed by atoms with Gasteiger partial charge in [-0.1, -0.05) is 24.8 Å². The summed E-state index contributed by atoms with van der Waals surface area (Å²) in [6.07, 6.45) is 10.0. The smallest absolute Gasteiger partial charge is 0.0305 e. The molecule has 0 saturated carbocycles. The van der Waals surface area contributed by atoms with Crippen molar-refractivity contribution in [3.63, 3.8) is 0 Å². The van der Waals surface area contributed by atoms with E-state index in [4.69, 9.17) is 0 Å². The van der Waals surface area contributed by atoms with Gasteiger partial charge in [0.15, 0.2) is 0 Å². The Morgan fingerprint density at radius 2 is 2.08 bits per heavy atom. The molecular weight excluding hydrogens is 158 g/mol. The first-order valence-electron chi connectivity index (χ1n) is 4.57. The van der Waals surface area contributed by atoms with E-state index in [1.165, 1.54) is 0 Å². The van der Waals surface area contributed by atoms with Gasteiger partial charge in [0, 0.05) is 11.4 Å². The van der Waals surface area contributed by atoms with Crippen LogP contribution >= 0.6 is 0 Å². The third-order valence-corrected chi connectivity index (χ3v) is 1.55. The lowest BCUT2D eigenvalue weighted by Gasteiger charge is -2.05. The number of unbranched alkanes of at least 4 members (excludes halogenated alkanes) is 1. The van der Waals surface area contributed by atoms with E-state index in [2.05, 4.69) is 24.6 Å². The SMILES string of the molecule is C=CCC/C=C(/C)NC(=C)/C=C\C. The Hall–Kier alpha value is -1.24. The molecule has 0 aliphatic heterocycles. The molecule has 0 bridgehead atoms. The van der Waals surface area contributed by atoms with Gasteiger partial charge in [-0.3, -0.25) is 0 Å². The average Bonchev–Trinajstić information content (AvgIpc) is 2.05. The second-order valence-electron chi connectivity index (χ2n) is 2.90. The van der Waals surface area contributed by atoms with Gasteiger partial charge in [0.2, 0.25) is 0 Å². The molecule has 0 spiro atoms. The van der Waals surface area contributed by atoms with Gasteiger partial charge >= 0.3 is 0 Å². The molecule has 0 aromatic carbocycles. The number of hydrogen-bond donors (Lipinski definition) is 1. The van der Waals surface area contributed by atoms with Crippen molar-refractivity contribution in [1.82, 2.24) is 5.32 Å². The molecule has 0 aromatic heterocycles. The highest BCUT2D eigenvalue weighted by molar-refractivity contribution is 5.17. The van der Waals surface area contributed by atoms with E-state index >= 15 is 0 Å². The van der Waals surface area contributed by atoms with Crippen LogP contribution in [0.2, 0.25) is 0 Å². The van der Waals surface area contributed by atoms with E-state index in [1.807, 2.05) is 32.1 Å². The van der Waals surface area contributed by atoms with Crippen LogP contribution in [-0.2, 0) is 0 Å². The first-order chi connectivity index (χ1) is 6.20. The fraction of sp³-hybridized carbons (Fsp3) is 0.333. The molecular formula is C12H19N. The fourth-order valence-corrected chi connectivity index (χ4v) is 0.965. The van der Waals surface area contributed by atoms with Crippen LogP contribution in [0.25, 0.3) is 0 Å². The van der Waals surface area contributed by atoms with Crippen molar-refractivity contribution in [1.29, 1.82) is 0 Å². The second-order valence-corrected chi connectivity index (χ2v) is 2.90. The van der Waals surface area contributed by atoms with Crippen LogP contribution < -0.4 is 5.32 Å². The minimum absolute atomic E-state index is 0.926. The standard InChI is InChI=1S/C12H19N/c1-5-7-8-10-12(4)13-11(3)9-6-2/h5-6,9-10,13H,1,3,7-8H2,2,4H3/b9-6-,12-10-. The average molecular weight is 177 g/mol. The van der Waals surface area contributed by atoms with Crippen molar-refractivity contribution < 1.29 is 0 Å². The maximum atomic E-state index is 3.85. The Morgan fingerprint density at radius 3 is 2.62 bits per heavy atom. The number of hydrogen-bond acceptors (Lipinski definition) is 1. The second kappa shape index (κ2) is 7.41. The lowest BCUT2D eigenvalue weighted by molar-refractivity contribution is 0.956. The van der Waals surface area contributed by atoms with E-state index in [0.717, 1.165) is 24.2 Å². The Labute approximate surface area is 81.5 Å². The van der Waals surface area contributed by atoms with Crippen LogP contribution in [0.3, 0.4) is 0 Å². The summed E-state index contributed by atoms with van der Waals surface area (Å²) in [5.41, 5.74) is 2.07. The largest absolute Gasteiger partial charge is 0.360 e. The zero-order chi connectivity index (χ0) is 10.1. The number of rotatable bonds is 6. The van der Waals surface area contributed by atoms with E-state index in [1.54, 1.807) is 0 Å². The first-order valence-corrected chi connectivity index (χ1v) is 4.57. The van der Waals surface area contributed by atoms with Gasteiger partial charge < -0.3 is 5.32 Å². The van der Waals surface area contributed by atoms with Gasteiger partial charge in [-0.2, -0.15) is 0 Å². The van der Waals surface area contributed by atoms with Crippen LogP contribution in [-0.4, -0.2) is 0 Å². The van der Waals surface area contributed by atoms with E-state index < -0.39 is 0 Å². The summed E-state index contributed by atoms with van der Waals surface area (Å²) < 4.78 is 0. The molecule has 0 unspecified atom stereocenters. The molecule has 0 aliphatic rings. The predicted molar refractivity (Wildman–Crippen MR) is 60.3 cm³/mol.